The summed E-state index contributed by atoms with van der Waals surface area (Å²) in [6.07, 6.45) is 7.30. The lowest BCUT2D eigenvalue weighted by Gasteiger charge is -2.39. The molecule has 0 heterocycles. The molecule has 0 amide bonds. The maximum absolute atomic E-state index is 5.87. The van der Waals surface area contributed by atoms with Gasteiger partial charge in [0.15, 0.2) is 0 Å². The Bertz CT molecular complexity index is 222. The van der Waals surface area contributed by atoms with Crippen LogP contribution in [-0.2, 0) is 0 Å². The molecular weight excluding hydrogens is 208 g/mol. The molecule has 1 fully saturated rings. The van der Waals surface area contributed by atoms with Crippen LogP contribution in [0.5, 0.6) is 0 Å². The lowest BCUT2D eigenvalue weighted by Crippen LogP contribution is -2.44. The molecule has 1 aliphatic carbocycles. The summed E-state index contributed by atoms with van der Waals surface area (Å²) in [7, 11) is 0. The molecule has 1 unspecified atom stereocenters. The molecular formula is C15H30N2. The average molecular weight is 238 g/mol. The van der Waals surface area contributed by atoms with Crippen LogP contribution in [0.15, 0.2) is 12.7 Å². The lowest BCUT2D eigenvalue weighted by atomic mass is 9.68. The van der Waals surface area contributed by atoms with Gasteiger partial charge in [-0.1, -0.05) is 26.8 Å². The molecule has 2 heteroatoms. The van der Waals surface area contributed by atoms with Gasteiger partial charge in [0.25, 0.3) is 0 Å². The molecule has 0 saturated heterocycles. The SMILES string of the molecule is C=CCNC(CN)C1CCC(C(C)(C)C)CC1. The quantitative estimate of drug-likeness (QED) is 0.723. The summed E-state index contributed by atoms with van der Waals surface area (Å²) < 4.78 is 0. The van der Waals surface area contributed by atoms with Gasteiger partial charge in [-0.2, -0.15) is 0 Å². The van der Waals surface area contributed by atoms with Gasteiger partial charge in [-0.05, 0) is 42.9 Å². The largest absolute Gasteiger partial charge is 0.329 e. The van der Waals surface area contributed by atoms with Gasteiger partial charge in [-0.25, -0.2) is 0 Å². The van der Waals surface area contributed by atoms with E-state index in [9.17, 15) is 0 Å². The van der Waals surface area contributed by atoms with Crippen molar-refractivity contribution >= 4 is 0 Å². The average Bonchev–Trinajstić information content (AvgIpc) is 2.29. The molecule has 1 saturated carbocycles. The van der Waals surface area contributed by atoms with Gasteiger partial charge in [-0.15, -0.1) is 6.58 Å². The molecule has 1 aliphatic rings. The van der Waals surface area contributed by atoms with Crippen molar-refractivity contribution in [3.63, 3.8) is 0 Å². The van der Waals surface area contributed by atoms with Gasteiger partial charge in [0.05, 0.1) is 0 Å². The number of nitrogens with one attached hydrogen (secondary N) is 1. The molecule has 0 aliphatic heterocycles. The van der Waals surface area contributed by atoms with E-state index < -0.39 is 0 Å². The Balaban J connectivity index is 2.41. The highest BCUT2D eigenvalue weighted by atomic mass is 14.9. The summed E-state index contributed by atoms with van der Waals surface area (Å²) in [5.74, 6) is 1.65. The summed E-state index contributed by atoms with van der Waals surface area (Å²) in [5, 5.41) is 3.50. The zero-order valence-electron chi connectivity index (χ0n) is 11.8. The standard InChI is InChI=1S/C15H30N2/c1-5-10-17-14(11-16)12-6-8-13(9-7-12)15(2,3)4/h5,12-14,17H,1,6-11,16H2,2-4H3. The Morgan fingerprint density at radius 3 is 2.29 bits per heavy atom. The van der Waals surface area contributed by atoms with Crippen LogP contribution < -0.4 is 11.1 Å². The second kappa shape index (κ2) is 6.55. The van der Waals surface area contributed by atoms with Crippen molar-refractivity contribution in [2.75, 3.05) is 13.1 Å². The van der Waals surface area contributed by atoms with Crippen LogP contribution in [-0.4, -0.2) is 19.1 Å². The van der Waals surface area contributed by atoms with Crippen molar-refractivity contribution in [2.45, 2.75) is 52.5 Å². The Labute approximate surface area is 107 Å². The second-order valence-corrected chi connectivity index (χ2v) is 6.52. The first-order valence-electron chi connectivity index (χ1n) is 7.03. The van der Waals surface area contributed by atoms with Gasteiger partial charge in [0, 0.05) is 19.1 Å². The molecule has 100 valence electrons. The molecule has 0 radical (unpaired) electrons. The molecule has 2 nitrogen and oxygen atoms in total. The zero-order chi connectivity index (χ0) is 12.9. The van der Waals surface area contributed by atoms with Gasteiger partial charge in [0.2, 0.25) is 0 Å². The van der Waals surface area contributed by atoms with E-state index in [1.807, 2.05) is 6.08 Å². The molecule has 0 aromatic rings. The molecule has 0 spiro atoms. The summed E-state index contributed by atoms with van der Waals surface area (Å²) in [6, 6.07) is 0.480. The smallest absolute Gasteiger partial charge is 0.0221 e. The normalized spacial score (nSPS) is 27.8. The van der Waals surface area contributed by atoms with Crippen molar-refractivity contribution in [1.82, 2.24) is 5.32 Å². The fourth-order valence-electron chi connectivity index (χ4n) is 3.06. The predicted molar refractivity (Wildman–Crippen MR) is 75.9 cm³/mol. The van der Waals surface area contributed by atoms with Crippen molar-refractivity contribution in [2.24, 2.45) is 23.0 Å². The van der Waals surface area contributed by atoms with Crippen LogP contribution >= 0.6 is 0 Å². The van der Waals surface area contributed by atoms with E-state index in [0.29, 0.717) is 11.5 Å². The monoisotopic (exact) mass is 238 g/mol. The minimum atomic E-state index is 0.470. The lowest BCUT2D eigenvalue weighted by molar-refractivity contribution is 0.134. The van der Waals surface area contributed by atoms with Crippen LogP contribution in [0.3, 0.4) is 0 Å². The summed E-state index contributed by atoms with van der Waals surface area (Å²) in [4.78, 5) is 0. The van der Waals surface area contributed by atoms with Crippen LogP contribution in [0.2, 0.25) is 0 Å². The number of rotatable bonds is 5. The zero-order valence-corrected chi connectivity index (χ0v) is 11.8. The second-order valence-electron chi connectivity index (χ2n) is 6.52. The summed E-state index contributed by atoms with van der Waals surface area (Å²) >= 11 is 0. The summed E-state index contributed by atoms with van der Waals surface area (Å²) in [6.45, 7) is 12.5. The molecule has 1 rings (SSSR count). The number of nitrogens with two attached hydrogens (primary N) is 1. The van der Waals surface area contributed by atoms with E-state index in [2.05, 4.69) is 32.7 Å². The van der Waals surface area contributed by atoms with Gasteiger partial charge in [0.1, 0.15) is 0 Å². The molecule has 17 heavy (non-hydrogen) atoms. The Morgan fingerprint density at radius 1 is 1.29 bits per heavy atom. The van der Waals surface area contributed by atoms with Gasteiger partial charge in [-0.3, -0.25) is 0 Å². The minimum Gasteiger partial charge on any atom is -0.329 e. The minimum absolute atomic E-state index is 0.470. The molecule has 3 N–H and O–H groups in total. The third-order valence-corrected chi connectivity index (χ3v) is 4.34. The van der Waals surface area contributed by atoms with Crippen LogP contribution in [0.4, 0.5) is 0 Å². The summed E-state index contributed by atoms with van der Waals surface area (Å²) in [5.41, 5.74) is 6.34. The van der Waals surface area contributed by atoms with Crippen LogP contribution in [0, 0.1) is 17.3 Å². The Kier molecular flexibility index (Phi) is 5.68. The van der Waals surface area contributed by atoms with Crippen molar-refractivity contribution in [3.8, 4) is 0 Å². The molecule has 0 aromatic carbocycles. The van der Waals surface area contributed by atoms with E-state index in [0.717, 1.165) is 24.9 Å². The molecule has 0 aromatic heterocycles. The third-order valence-electron chi connectivity index (χ3n) is 4.34. The highest BCUT2D eigenvalue weighted by Gasteiger charge is 2.32. The van der Waals surface area contributed by atoms with Gasteiger partial charge >= 0.3 is 0 Å². The Hall–Kier alpha value is -0.340. The van der Waals surface area contributed by atoms with E-state index in [1.54, 1.807) is 0 Å². The maximum atomic E-state index is 5.87. The fraction of sp³-hybridized carbons (Fsp3) is 0.867. The third kappa shape index (κ3) is 4.44. The van der Waals surface area contributed by atoms with E-state index >= 15 is 0 Å². The van der Waals surface area contributed by atoms with Crippen molar-refractivity contribution in [1.29, 1.82) is 0 Å². The predicted octanol–water partition coefficient (Wildman–Crippen LogP) is 2.94. The fourth-order valence-corrected chi connectivity index (χ4v) is 3.06. The van der Waals surface area contributed by atoms with Gasteiger partial charge < -0.3 is 11.1 Å². The highest BCUT2D eigenvalue weighted by Crippen LogP contribution is 2.40. The van der Waals surface area contributed by atoms with E-state index in [4.69, 9.17) is 5.73 Å². The first-order valence-corrected chi connectivity index (χ1v) is 7.03. The highest BCUT2D eigenvalue weighted by molar-refractivity contribution is 4.87. The van der Waals surface area contributed by atoms with Crippen LogP contribution in [0.25, 0.3) is 0 Å². The molecule has 1 atom stereocenters. The number of hydrogen-bond acceptors (Lipinski definition) is 2. The Morgan fingerprint density at radius 2 is 1.88 bits per heavy atom. The van der Waals surface area contributed by atoms with Crippen molar-refractivity contribution in [3.05, 3.63) is 12.7 Å². The first-order chi connectivity index (χ1) is 7.99. The van der Waals surface area contributed by atoms with E-state index in [-0.39, 0.29) is 0 Å². The van der Waals surface area contributed by atoms with Crippen molar-refractivity contribution < 1.29 is 0 Å². The number of hydrogen-bond donors (Lipinski definition) is 2. The van der Waals surface area contributed by atoms with E-state index in [1.165, 1.54) is 25.7 Å². The topological polar surface area (TPSA) is 38.0 Å². The molecule has 0 bridgehead atoms. The first kappa shape index (κ1) is 14.7. The maximum Gasteiger partial charge on any atom is 0.0221 e. The van der Waals surface area contributed by atoms with Crippen LogP contribution in [0.1, 0.15) is 46.5 Å².